The molecule has 1 aromatic rings. The maximum absolute atomic E-state index is 13.1. The molecule has 0 spiro atoms. The standard InChI is InChI=1S/C18H24BrNO2/c1-2-22-17-10-6-9-16(17)20(13-7-4-3-5-8-13)18(21)14-11-12-15(14)19/h3-5,7-8,14-17H,2,6,9-12H2,1H3. The van der Waals surface area contributed by atoms with Crippen molar-refractivity contribution < 1.29 is 9.53 Å². The molecule has 1 aromatic carbocycles. The number of carbonyl (C=O) groups is 1. The molecule has 0 aromatic heterocycles. The normalized spacial score (nSPS) is 30.8. The molecule has 4 atom stereocenters. The van der Waals surface area contributed by atoms with Crippen molar-refractivity contribution in [3.63, 3.8) is 0 Å². The Balaban J connectivity index is 1.87. The second kappa shape index (κ2) is 7.14. The van der Waals surface area contributed by atoms with Crippen LogP contribution in [0, 0.1) is 5.92 Å². The van der Waals surface area contributed by atoms with Crippen LogP contribution in [0.2, 0.25) is 0 Å². The van der Waals surface area contributed by atoms with E-state index < -0.39 is 0 Å². The zero-order valence-electron chi connectivity index (χ0n) is 13.1. The van der Waals surface area contributed by atoms with Crippen LogP contribution in [0.3, 0.4) is 0 Å². The number of para-hydroxylation sites is 1. The lowest BCUT2D eigenvalue weighted by atomic mass is 9.83. The highest BCUT2D eigenvalue weighted by Gasteiger charge is 2.43. The van der Waals surface area contributed by atoms with Gasteiger partial charge in [0, 0.05) is 17.1 Å². The average molecular weight is 366 g/mol. The van der Waals surface area contributed by atoms with Crippen molar-refractivity contribution in [1.29, 1.82) is 0 Å². The first-order valence-corrected chi connectivity index (χ1v) is 9.27. The first-order valence-electron chi connectivity index (χ1n) is 8.36. The molecule has 2 aliphatic carbocycles. The third-order valence-corrected chi connectivity index (χ3v) is 6.01. The fourth-order valence-corrected chi connectivity index (χ4v) is 4.35. The van der Waals surface area contributed by atoms with Gasteiger partial charge >= 0.3 is 0 Å². The van der Waals surface area contributed by atoms with Crippen molar-refractivity contribution in [3.8, 4) is 0 Å². The first kappa shape index (κ1) is 16.0. The van der Waals surface area contributed by atoms with Gasteiger partial charge in [-0.1, -0.05) is 34.1 Å². The van der Waals surface area contributed by atoms with Crippen molar-refractivity contribution in [2.45, 2.75) is 56.0 Å². The van der Waals surface area contributed by atoms with Crippen LogP contribution in [0.5, 0.6) is 0 Å². The Morgan fingerprint density at radius 2 is 2.00 bits per heavy atom. The summed E-state index contributed by atoms with van der Waals surface area (Å²) in [5.41, 5.74) is 1.01. The highest BCUT2D eigenvalue weighted by molar-refractivity contribution is 9.09. The van der Waals surface area contributed by atoms with Crippen LogP contribution in [-0.4, -0.2) is 29.5 Å². The zero-order valence-corrected chi connectivity index (χ0v) is 14.7. The van der Waals surface area contributed by atoms with E-state index in [9.17, 15) is 4.79 Å². The van der Waals surface area contributed by atoms with Gasteiger partial charge in [-0.15, -0.1) is 0 Å². The quantitative estimate of drug-likeness (QED) is 0.733. The zero-order chi connectivity index (χ0) is 15.5. The highest BCUT2D eigenvalue weighted by Crippen LogP contribution is 2.39. The van der Waals surface area contributed by atoms with Gasteiger partial charge in [-0.2, -0.15) is 0 Å². The minimum Gasteiger partial charge on any atom is -0.376 e. The molecular weight excluding hydrogens is 342 g/mol. The van der Waals surface area contributed by atoms with E-state index in [1.54, 1.807) is 0 Å². The predicted molar refractivity (Wildman–Crippen MR) is 92.4 cm³/mol. The van der Waals surface area contributed by atoms with E-state index >= 15 is 0 Å². The fourth-order valence-electron chi connectivity index (χ4n) is 3.60. The predicted octanol–water partition coefficient (Wildman–Crippen LogP) is 4.15. The second-order valence-electron chi connectivity index (χ2n) is 6.24. The molecule has 0 heterocycles. The number of anilines is 1. The van der Waals surface area contributed by atoms with Crippen LogP contribution in [0.1, 0.15) is 39.0 Å². The van der Waals surface area contributed by atoms with Gasteiger partial charge in [0.2, 0.25) is 5.91 Å². The summed E-state index contributed by atoms with van der Waals surface area (Å²) < 4.78 is 5.92. The van der Waals surface area contributed by atoms with Gasteiger partial charge in [0.15, 0.2) is 0 Å². The van der Waals surface area contributed by atoms with E-state index in [1.807, 2.05) is 42.2 Å². The lowest BCUT2D eigenvalue weighted by Gasteiger charge is -2.40. The Hall–Kier alpha value is -0.870. The molecule has 2 fully saturated rings. The minimum atomic E-state index is 0.114. The van der Waals surface area contributed by atoms with Gasteiger partial charge in [-0.05, 0) is 51.2 Å². The van der Waals surface area contributed by atoms with Crippen LogP contribution in [0.4, 0.5) is 5.69 Å². The molecule has 0 aliphatic heterocycles. The number of alkyl halides is 1. The molecule has 4 heteroatoms. The molecule has 120 valence electrons. The first-order chi connectivity index (χ1) is 10.7. The highest BCUT2D eigenvalue weighted by atomic mass is 79.9. The van der Waals surface area contributed by atoms with E-state index in [-0.39, 0.29) is 24.0 Å². The Morgan fingerprint density at radius 1 is 1.23 bits per heavy atom. The average Bonchev–Trinajstić information content (AvgIpc) is 2.95. The van der Waals surface area contributed by atoms with Crippen molar-refractivity contribution in [3.05, 3.63) is 30.3 Å². The van der Waals surface area contributed by atoms with Gasteiger partial charge in [-0.25, -0.2) is 0 Å². The number of halogens is 1. The molecule has 1 amide bonds. The van der Waals surface area contributed by atoms with Crippen LogP contribution in [-0.2, 0) is 9.53 Å². The summed E-state index contributed by atoms with van der Waals surface area (Å²) in [7, 11) is 0. The number of amides is 1. The Labute approximate surface area is 141 Å². The van der Waals surface area contributed by atoms with Crippen LogP contribution in [0.15, 0.2) is 30.3 Å². The summed E-state index contributed by atoms with van der Waals surface area (Å²) in [5, 5.41) is 0. The number of hydrogen-bond acceptors (Lipinski definition) is 2. The topological polar surface area (TPSA) is 29.5 Å². The number of nitrogens with zero attached hydrogens (tertiary/aromatic N) is 1. The number of carbonyl (C=O) groups excluding carboxylic acids is 1. The Bertz CT molecular complexity index is 507. The molecule has 3 rings (SSSR count). The summed E-state index contributed by atoms with van der Waals surface area (Å²) in [4.78, 5) is 15.5. The molecule has 2 aliphatic rings. The second-order valence-corrected chi connectivity index (χ2v) is 7.41. The van der Waals surface area contributed by atoms with Crippen molar-refractivity contribution in [2.24, 2.45) is 5.92 Å². The molecule has 22 heavy (non-hydrogen) atoms. The summed E-state index contributed by atoms with van der Waals surface area (Å²) in [6.07, 6.45) is 5.47. The number of ether oxygens (including phenoxy) is 1. The van der Waals surface area contributed by atoms with Gasteiger partial charge in [-0.3, -0.25) is 4.79 Å². The molecule has 2 saturated carbocycles. The Morgan fingerprint density at radius 3 is 2.59 bits per heavy atom. The maximum atomic E-state index is 13.1. The van der Waals surface area contributed by atoms with E-state index in [1.165, 1.54) is 0 Å². The van der Waals surface area contributed by atoms with Crippen molar-refractivity contribution in [1.82, 2.24) is 0 Å². The molecule has 3 nitrogen and oxygen atoms in total. The lowest BCUT2D eigenvalue weighted by molar-refractivity contribution is -0.125. The third kappa shape index (κ3) is 3.09. The molecule has 0 saturated heterocycles. The number of rotatable bonds is 5. The van der Waals surface area contributed by atoms with Crippen molar-refractivity contribution >= 4 is 27.5 Å². The van der Waals surface area contributed by atoms with E-state index in [2.05, 4.69) is 15.9 Å². The van der Waals surface area contributed by atoms with E-state index in [4.69, 9.17) is 4.74 Å². The van der Waals surface area contributed by atoms with Gasteiger partial charge < -0.3 is 9.64 Å². The molecule has 0 bridgehead atoms. The van der Waals surface area contributed by atoms with Gasteiger partial charge in [0.05, 0.1) is 18.1 Å². The monoisotopic (exact) mass is 365 g/mol. The minimum absolute atomic E-state index is 0.114. The molecule has 0 radical (unpaired) electrons. The van der Waals surface area contributed by atoms with E-state index in [0.717, 1.165) is 37.8 Å². The fraction of sp³-hybridized carbons (Fsp3) is 0.611. The molecular formula is C18H24BrNO2. The van der Waals surface area contributed by atoms with Crippen LogP contribution < -0.4 is 4.90 Å². The van der Waals surface area contributed by atoms with Gasteiger partial charge in [0.1, 0.15) is 0 Å². The molecule has 4 unspecified atom stereocenters. The van der Waals surface area contributed by atoms with Gasteiger partial charge in [0.25, 0.3) is 0 Å². The largest absolute Gasteiger partial charge is 0.376 e. The third-order valence-electron chi connectivity index (χ3n) is 4.91. The number of hydrogen-bond donors (Lipinski definition) is 0. The van der Waals surface area contributed by atoms with E-state index in [0.29, 0.717) is 11.4 Å². The number of benzene rings is 1. The van der Waals surface area contributed by atoms with Crippen LogP contribution >= 0.6 is 15.9 Å². The Kier molecular flexibility index (Phi) is 5.19. The summed E-state index contributed by atoms with van der Waals surface area (Å²) in [6, 6.07) is 10.3. The summed E-state index contributed by atoms with van der Waals surface area (Å²) >= 11 is 3.64. The lowest BCUT2D eigenvalue weighted by Crippen LogP contribution is -2.51. The van der Waals surface area contributed by atoms with Crippen molar-refractivity contribution in [2.75, 3.05) is 11.5 Å². The SMILES string of the molecule is CCOC1CCCC1N(C(=O)C1CCC1Br)c1ccccc1. The summed E-state index contributed by atoms with van der Waals surface area (Å²) in [5.74, 6) is 0.374. The smallest absolute Gasteiger partial charge is 0.231 e. The maximum Gasteiger partial charge on any atom is 0.231 e. The summed E-state index contributed by atoms with van der Waals surface area (Å²) in [6.45, 7) is 2.74. The molecule has 0 N–H and O–H groups in total. The van der Waals surface area contributed by atoms with Crippen LogP contribution in [0.25, 0.3) is 0 Å².